The second-order valence-corrected chi connectivity index (χ2v) is 8.22. The Bertz CT molecular complexity index is 405. The van der Waals surface area contributed by atoms with Crippen molar-refractivity contribution in [3.8, 4) is 0 Å². The van der Waals surface area contributed by atoms with Crippen LogP contribution >= 0.6 is 0 Å². The monoisotopic (exact) mass is 424 g/mol. The van der Waals surface area contributed by atoms with Crippen molar-refractivity contribution in [2.24, 2.45) is 0 Å². The molecule has 0 saturated heterocycles. The Kier molecular flexibility index (Phi) is 22.8. The van der Waals surface area contributed by atoms with Gasteiger partial charge in [-0.1, -0.05) is 66.7 Å². The first kappa shape index (κ1) is 34.8. The Morgan fingerprint density at radius 1 is 0.821 bits per heavy atom. The molecule has 1 aliphatic rings. The van der Waals surface area contributed by atoms with Gasteiger partial charge in [-0.05, 0) is 19.3 Å². The Balaban J connectivity index is -0.000000136. The third-order valence-electron chi connectivity index (χ3n) is 2.77. The minimum atomic E-state index is -0.818. The molecule has 28 heavy (non-hydrogen) atoms. The van der Waals surface area contributed by atoms with E-state index in [0.29, 0.717) is 19.3 Å². The maximum Gasteiger partial charge on any atom is 4.00 e. The minimum Gasteiger partial charge on any atom is -0.850 e. The van der Waals surface area contributed by atoms with Crippen molar-refractivity contribution >= 4 is 0 Å². The molecule has 158 valence electrons. The molecule has 0 N–H and O–H groups in total. The van der Waals surface area contributed by atoms with Gasteiger partial charge in [0.25, 0.3) is 0 Å². The SMILES string of the molecule is C=CCC(C)(C)[O-].C=CCC(C)(C)[O-].C=CCC(C)(C)[O-].CC1=[C-]CC=C1.[Ti+4]. The van der Waals surface area contributed by atoms with E-state index in [1.54, 1.807) is 59.8 Å². The summed E-state index contributed by atoms with van der Waals surface area (Å²) in [4.78, 5) is 0. The number of allylic oxidation sites excluding steroid dienone is 4. The predicted octanol–water partition coefficient (Wildman–Crippen LogP) is 3.80. The van der Waals surface area contributed by atoms with Crippen molar-refractivity contribution in [2.75, 3.05) is 0 Å². The zero-order chi connectivity index (χ0) is 22.1. The van der Waals surface area contributed by atoms with Crippen molar-refractivity contribution < 1.29 is 37.0 Å². The van der Waals surface area contributed by atoms with E-state index in [4.69, 9.17) is 0 Å². The van der Waals surface area contributed by atoms with Crippen LogP contribution in [0.25, 0.3) is 0 Å². The van der Waals surface area contributed by atoms with Crippen LogP contribution in [-0.4, -0.2) is 16.8 Å². The molecule has 3 nitrogen and oxygen atoms in total. The summed E-state index contributed by atoms with van der Waals surface area (Å²) in [6.07, 6.45) is 14.9. The summed E-state index contributed by atoms with van der Waals surface area (Å²) in [6, 6.07) is 0. The predicted molar refractivity (Wildman–Crippen MR) is 113 cm³/mol. The average molecular weight is 424 g/mol. The third kappa shape index (κ3) is 44.6. The van der Waals surface area contributed by atoms with Gasteiger partial charge >= 0.3 is 21.7 Å². The fourth-order valence-corrected chi connectivity index (χ4v) is 1.56. The van der Waals surface area contributed by atoms with Gasteiger partial charge in [-0.25, -0.2) is 11.6 Å². The fraction of sp³-hybridized carbons (Fsp3) is 0.583. The van der Waals surface area contributed by atoms with E-state index in [9.17, 15) is 15.3 Å². The van der Waals surface area contributed by atoms with Crippen molar-refractivity contribution in [1.82, 2.24) is 0 Å². The van der Waals surface area contributed by atoms with Crippen molar-refractivity contribution in [2.45, 2.75) is 91.0 Å². The first-order valence-corrected chi connectivity index (χ1v) is 9.26. The number of hydrogen-bond acceptors (Lipinski definition) is 3. The van der Waals surface area contributed by atoms with Crippen molar-refractivity contribution in [3.05, 3.63) is 61.8 Å². The van der Waals surface area contributed by atoms with E-state index >= 15 is 0 Å². The summed E-state index contributed by atoms with van der Waals surface area (Å²) in [5, 5.41) is 31.9. The van der Waals surface area contributed by atoms with Crippen LogP contribution in [0.4, 0.5) is 0 Å². The third-order valence-corrected chi connectivity index (χ3v) is 2.77. The van der Waals surface area contributed by atoms with Crippen LogP contribution in [0.15, 0.2) is 55.7 Å². The van der Waals surface area contributed by atoms with Crippen LogP contribution in [0.5, 0.6) is 0 Å². The van der Waals surface area contributed by atoms with Crippen LogP contribution in [0.3, 0.4) is 0 Å². The number of rotatable bonds is 6. The summed E-state index contributed by atoms with van der Waals surface area (Å²) in [5.74, 6) is 0. The van der Waals surface area contributed by atoms with Crippen LogP contribution in [0, 0.1) is 6.08 Å². The molecule has 0 saturated carbocycles. The number of hydrogen-bond donors (Lipinski definition) is 0. The molecule has 0 spiro atoms. The smallest absolute Gasteiger partial charge is 0.850 e. The Hall–Kier alpha value is -0.706. The molecule has 0 aromatic carbocycles. The van der Waals surface area contributed by atoms with Gasteiger partial charge in [0.2, 0.25) is 0 Å². The Labute approximate surface area is 189 Å². The van der Waals surface area contributed by atoms with Gasteiger partial charge in [0.15, 0.2) is 0 Å². The summed E-state index contributed by atoms with van der Waals surface area (Å²) in [5.41, 5.74) is -1.18. The van der Waals surface area contributed by atoms with Gasteiger partial charge in [0, 0.05) is 0 Å². The van der Waals surface area contributed by atoms with E-state index in [1.165, 1.54) is 5.57 Å². The van der Waals surface area contributed by atoms with Crippen LogP contribution in [-0.2, 0) is 21.7 Å². The molecule has 0 fully saturated rings. The summed E-state index contributed by atoms with van der Waals surface area (Å²) in [6.45, 7) is 22.3. The van der Waals surface area contributed by atoms with Gasteiger partial charge in [0.1, 0.15) is 0 Å². The Morgan fingerprint density at radius 3 is 1.14 bits per heavy atom. The van der Waals surface area contributed by atoms with Gasteiger partial charge in [0.05, 0.1) is 0 Å². The van der Waals surface area contributed by atoms with Gasteiger partial charge in [-0.3, -0.25) is 6.08 Å². The van der Waals surface area contributed by atoms with E-state index in [0.717, 1.165) is 6.42 Å². The summed E-state index contributed by atoms with van der Waals surface area (Å²) < 4.78 is 0. The molecule has 0 atom stereocenters. The zero-order valence-electron chi connectivity index (χ0n) is 19.1. The second-order valence-electron chi connectivity index (χ2n) is 8.22. The largest absolute Gasteiger partial charge is 4.00 e. The van der Waals surface area contributed by atoms with Crippen LogP contribution < -0.4 is 15.3 Å². The molecule has 1 rings (SSSR count). The molecule has 0 radical (unpaired) electrons. The fourth-order valence-electron chi connectivity index (χ4n) is 1.56. The molecule has 0 aliphatic heterocycles. The molecule has 0 heterocycles. The minimum absolute atomic E-state index is 0. The van der Waals surface area contributed by atoms with Gasteiger partial charge in [-0.15, -0.1) is 43.0 Å². The Morgan fingerprint density at radius 2 is 1.11 bits per heavy atom. The molecule has 0 unspecified atom stereocenters. The first-order chi connectivity index (χ1) is 12.1. The van der Waals surface area contributed by atoms with E-state index < -0.39 is 16.8 Å². The van der Waals surface area contributed by atoms with Crippen LogP contribution in [0.1, 0.15) is 74.1 Å². The molecule has 1 aliphatic carbocycles. The zero-order valence-corrected chi connectivity index (χ0v) is 20.6. The summed E-state index contributed by atoms with van der Waals surface area (Å²) >= 11 is 0. The van der Waals surface area contributed by atoms with E-state index in [-0.39, 0.29) is 21.7 Å². The average Bonchev–Trinajstić information content (AvgIpc) is 2.87. The topological polar surface area (TPSA) is 69.2 Å². The maximum absolute atomic E-state index is 10.6. The molecule has 4 heteroatoms. The molecule has 0 amide bonds. The van der Waals surface area contributed by atoms with Crippen LogP contribution in [0.2, 0.25) is 0 Å². The van der Waals surface area contributed by atoms with E-state index in [1.807, 2.05) is 0 Å². The molecule has 0 bridgehead atoms. The second kappa shape index (κ2) is 18.3. The van der Waals surface area contributed by atoms with Gasteiger partial charge in [-0.2, -0.15) is 6.08 Å². The van der Waals surface area contributed by atoms with Gasteiger partial charge < -0.3 is 15.3 Å². The molecule has 0 aromatic heterocycles. The van der Waals surface area contributed by atoms with E-state index in [2.05, 4.69) is 44.9 Å². The first-order valence-electron chi connectivity index (χ1n) is 9.26. The van der Waals surface area contributed by atoms with Crippen molar-refractivity contribution in [1.29, 1.82) is 0 Å². The van der Waals surface area contributed by atoms with Crippen molar-refractivity contribution in [3.63, 3.8) is 0 Å². The standard InChI is InChI=1S/3C6H11O.C6H7.Ti/c3*1-4-5-6(2,3)7;1-6-4-2-3-5-6;/h3*4H,1,5H2,2-3H3;2,4H,3H2,1H3;/q4*-1;+4. The summed E-state index contributed by atoms with van der Waals surface area (Å²) in [7, 11) is 0. The molecular formula is C24H40O3Ti. The maximum atomic E-state index is 10.6. The molecular weight excluding hydrogens is 384 g/mol. The normalized spacial score (nSPS) is 12.4. The molecule has 0 aromatic rings. The quantitative estimate of drug-likeness (QED) is 0.370.